The van der Waals surface area contributed by atoms with E-state index in [0.717, 1.165) is 0 Å². The van der Waals surface area contributed by atoms with Crippen molar-refractivity contribution >= 4 is 10.9 Å². The molecule has 0 fully saturated rings. The molecule has 78 valence electrons. The van der Waals surface area contributed by atoms with E-state index in [1.807, 2.05) is 12.1 Å². The lowest BCUT2D eigenvalue weighted by atomic mass is 10.2. The van der Waals surface area contributed by atoms with Gasteiger partial charge < -0.3 is 9.40 Å². The predicted molar refractivity (Wildman–Crippen MR) is 60.1 cm³/mol. The molecule has 0 saturated carbocycles. The molecule has 3 rings (SSSR count). The maximum absolute atomic E-state index is 11.7. The Kier molecular flexibility index (Phi) is 1.86. The van der Waals surface area contributed by atoms with Gasteiger partial charge in [-0.25, -0.2) is 9.78 Å². The summed E-state index contributed by atoms with van der Waals surface area (Å²) in [5.41, 5.74) is 0.974. The van der Waals surface area contributed by atoms with Crippen LogP contribution in [0.2, 0.25) is 0 Å². The predicted octanol–water partition coefficient (Wildman–Crippen LogP) is 2.18. The normalized spacial score (nSPS) is 10.8. The standard InChI is InChI=1S/C12H8N2O2/c15-12-8-4-1-2-5-9(8)14-11(16-12)10-6-3-7-13-10/h1-7,13H. The molecule has 0 saturated heterocycles. The zero-order valence-electron chi connectivity index (χ0n) is 8.31. The minimum absolute atomic E-state index is 0.314. The lowest BCUT2D eigenvalue weighted by Gasteiger charge is -1.98. The van der Waals surface area contributed by atoms with E-state index in [0.29, 0.717) is 22.5 Å². The molecule has 0 bridgehead atoms. The van der Waals surface area contributed by atoms with Crippen LogP contribution in [0.5, 0.6) is 0 Å². The average Bonchev–Trinajstić information content (AvgIpc) is 2.82. The van der Waals surface area contributed by atoms with E-state index >= 15 is 0 Å². The molecule has 2 aromatic heterocycles. The SMILES string of the molecule is O=c1oc(-c2ccc[nH]2)nc2ccccc12. The highest BCUT2D eigenvalue weighted by Gasteiger charge is 2.07. The number of nitrogens with zero attached hydrogens (tertiary/aromatic N) is 1. The number of benzene rings is 1. The van der Waals surface area contributed by atoms with E-state index in [2.05, 4.69) is 9.97 Å². The monoisotopic (exact) mass is 212 g/mol. The molecule has 0 radical (unpaired) electrons. The van der Waals surface area contributed by atoms with Crippen LogP contribution >= 0.6 is 0 Å². The minimum Gasteiger partial charge on any atom is -0.401 e. The van der Waals surface area contributed by atoms with Gasteiger partial charge in [0, 0.05) is 6.20 Å². The first kappa shape index (κ1) is 8.91. The number of fused-ring (bicyclic) bond motifs is 1. The lowest BCUT2D eigenvalue weighted by molar-refractivity contribution is 0.516. The maximum Gasteiger partial charge on any atom is 0.347 e. The van der Waals surface area contributed by atoms with E-state index in [1.54, 1.807) is 30.5 Å². The molecule has 1 N–H and O–H groups in total. The van der Waals surface area contributed by atoms with Crippen LogP contribution in [-0.4, -0.2) is 9.97 Å². The summed E-state index contributed by atoms with van der Waals surface area (Å²) in [5.74, 6) is 0.314. The van der Waals surface area contributed by atoms with Crippen LogP contribution in [0.4, 0.5) is 0 Å². The quantitative estimate of drug-likeness (QED) is 0.672. The molecule has 3 aromatic rings. The van der Waals surface area contributed by atoms with Crippen molar-refractivity contribution in [2.24, 2.45) is 0 Å². The van der Waals surface area contributed by atoms with Crippen LogP contribution in [0.25, 0.3) is 22.5 Å². The van der Waals surface area contributed by atoms with Gasteiger partial charge in [-0.15, -0.1) is 0 Å². The summed E-state index contributed by atoms with van der Waals surface area (Å²) in [5, 5.41) is 0.498. The number of H-pyrrole nitrogens is 1. The molecule has 4 heteroatoms. The van der Waals surface area contributed by atoms with Crippen LogP contribution in [0.15, 0.2) is 51.8 Å². The van der Waals surface area contributed by atoms with Crippen LogP contribution in [0, 0.1) is 0 Å². The van der Waals surface area contributed by atoms with E-state index in [-0.39, 0.29) is 5.63 Å². The van der Waals surface area contributed by atoms with E-state index in [1.165, 1.54) is 0 Å². The Morgan fingerprint density at radius 2 is 2.00 bits per heavy atom. The number of hydrogen-bond acceptors (Lipinski definition) is 3. The Morgan fingerprint density at radius 3 is 2.81 bits per heavy atom. The summed E-state index contributed by atoms with van der Waals surface area (Å²) in [6.07, 6.45) is 1.76. The van der Waals surface area contributed by atoms with Gasteiger partial charge in [-0.1, -0.05) is 12.1 Å². The third-order valence-corrected chi connectivity index (χ3v) is 2.36. The molecule has 0 aliphatic carbocycles. The second-order valence-corrected chi connectivity index (χ2v) is 3.41. The van der Waals surface area contributed by atoms with Crippen molar-refractivity contribution in [2.45, 2.75) is 0 Å². The van der Waals surface area contributed by atoms with Gasteiger partial charge in [-0.05, 0) is 24.3 Å². The Bertz CT molecular complexity index is 684. The van der Waals surface area contributed by atoms with Gasteiger partial charge in [0.25, 0.3) is 0 Å². The molecule has 0 aliphatic rings. The molecular formula is C12H8N2O2. The number of rotatable bonds is 1. The van der Waals surface area contributed by atoms with Crippen molar-refractivity contribution in [2.75, 3.05) is 0 Å². The number of aromatic nitrogens is 2. The molecular weight excluding hydrogens is 204 g/mol. The lowest BCUT2D eigenvalue weighted by Crippen LogP contribution is -2.02. The van der Waals surface area contributed by atoms with Gasteiger partial charge in [0.05, 0.1) is 10.9 Å². The van der Waals surface area contributed by atoms with Gasteiger partial charge in [0.1, 0.15) is 5.69 Å². The van der Waals surface area contributed by atoms with Crippen molar-refractivity contribution in [1.29, 1.82) is 0 Å². The minimum atomic E-state index is -0.366. The van der Waals surface area contributed by atoms with Crippen molar-refractivity contribution in [3.63, 3.8) is 0 Å². The van der Waals surface area contributed by atoms with Crippen molar-refractivity contribution in [3.05, 3.63) is 53.0 Å². The van der Waals surface area contributed by atoms with Crippen LogP contribution < -0.4 is 5.63 Å². The third kappa shape index (κ3) is 1.32. The smallest absolute Gasteiger partial charge is 0.347 e. The van der Waals surface area contributed by atoms with Crippen LogP contribution in [0.1, 0.15) is 0 Å². The zero-order chi connectivity index (χ0) is 11.0. The van der Waals surface area contributed by atoms with Gasteiger partial charge >= 0.3 is 5.63 Å². The Labute approximate surface area is 90.6 Å². The molecule has 0 unspecified atom stereocenters. The molecule has 2 heterocycles. The van der Waals surface area contributed by atoms with E-state index in [9.17, 15) is 4.79 Å². The second kappa shape index (κ2) is 3.34. The van der Waals surface area contributed by atoms with Crippen molar-refractivity contribution < 1.29 is 4.42 Å². The number of hydrogen-bond donors (Lipinski definition) is 1. The van der Waals surface area contributed by atoms with Crippen molar-refractivity contribution in [3.8, 4) is 11.6 Å². The van der Waals surface area contributed by atoms with Crippen LogP contribution in [-0.2, 0) is 0 Å². The van der Waals surface area contributed by atoms with Crippen molar-refractivity contribution in [1.82, 2.24) is 9.97 Å². The van der Waals surface area contributed by atoms with Gasteiger partial charge in [0.15, 0.2) is 0 Å². The second-order valence-electron chi connectivity index (χ2n) is 3.41. The van der Waals surface area contributed by atoms with Gasteiger partial charge in [-0.2, -0.15) is 0 Å². The molecule has 0 atom stereocenters. The fourth-order valence-corrected chi connectivity index (χ4v) is 1.60. The Balaban J connectivity index is 2.34. The topological polar surface area (TPSA) is 58.9 Å². The summed E-state index contributed by atoms with van der Waals surface area (Å²) >= 11 is 0. The zero-order valence-corrected chi connectivity index (χ0v) is 8.31. The summed E-state index contributed by atoms with van der Waals surface area (Å²) in [6.45, 7) is 0. The highest BCUT2D eigenvalue weighted by atomic mass is 16.4. The first-order chi connectivity index (χ1) is 7.84. The summed E-state index contributed by atoms with van der Waals surface area (Å²) in [4.78, 5) is 18.9. The Hall–Kier alpha value is -2.36. The molecule has 16 heavy (non-hydrogen) atoms. The molecule has 0 aliphatic heterocycles. The first-order valence-corrected chi connectivity index (χ1v) is 4.88. The molecule has 4 nitrogen and oxygen atoms in total. The maximum atomic E-state index is 11.7. The van der Waals surface area contributed by atoms with E-state index < -0.39 is 0 Å². The van der Waals surface area contributed by atoms with Crippen LogP contribution in [0.3, 0.4) is 0 Å². The highest BCUT2D eigenvalue weighted by molar-refractivity contribution is 5.78. The van der Waals surface area contributed by atoms with Gasteiger partial charge in [-0.3, -0.25) is 0 Å². The fourth-order valence-electron chi connectivity index (χ4n) is 1.60. The first-order valence-electron chi connectivity index (χ1n) is 4.88. The number of nitrogens with one attached hydrogen (secondary N) is 1. The summed E-state index contributed by atoms with van der Waals surface area (Å²) in [7, 11) is 0. The average molecular weight is 212 g/mol. The molecule has 0 amide bonds. The number of aromatic amines is 1. The third-order valence-electron chi connectivity index (χ3n) is 2.36. The Morgan fingerprint density at radius 1 is 1.12 bits per heavy atom. The largest absolute Gasteiger partial charge is 0.401 e. The summed E-state index contributed by atoms with van der Waals surface area (Å²) in [6, 6.07) is 10.8. The molecule has 0 spiro atoms. The fraction of sp³-hybridized carbons (Fsp3) is 0. The number of para-hydroxylation sites is 1. The van der Waals surface area contributed by atoms with Gasteiger partial charge in [0.2, 0.25) is 5.89 Å². The summed E-state index contributed by atoms with van der Waals surface area (Å²) < 4.78 is 5.14. The highest BCUT2D eigenvalue weighted by Crippen LogP contribution is 2.15. The van der Waals surface area contributed by atoms with E-state index in [4.69, 9.17) is 4.42 Å². The molecule has 1 aromatic carbocycles.